The summed E-state index contributed by atoms with van der Waals surface area (Å²) >= 11 is 0. The largest absolute Gasteiger partial charge is 0.352 e. The summed E-state index contributed by atoms with van der Waals surface area (Å²) in [7, 11) is 0. The first-order valence-corrected chi connectivity index (χ1v) is 10.4. The fourth-order valence-corrected chi connectivity index (χ4v) is 4.15. The van der Waals surface area contributed by atoms with Gasteiger partial charge in [-0.1, -0.05) is 6.07 Å². The van der Waals surface area contributed by atoms with Crippen LogP contribution in [0.1, 0.15) is 36.5 Å². The Hall–Kier alpha value is -3.23. The van der Waals surface area contributed by atoms with Gasteiger partial charge in [-0.3, -0.25) is 14.9 Å². The first kappa shape index (κ1) is 20.1. The number of piperidine rings is 1. The predicted molar refractivity (Wildman–Crippen MR) is 114 cm³/mol. The van der Waals surface area contributed by atoms with Gasteiger partial charge in [0.2, 0.25) is 0 Å². The van der Waals surface area contributed by atoms with Crippen LogP contribution in [-0.2, 0) is 0 Å². The zero-order valence-corrected chi connectivity index (χ0v) is 17.1. The summed E-state index contributed by atoms with van der Waals surface area (Å²) in [6.45, 7) is 5.62. The van der Waals surface area contributed by atoms with Crippen LogP contribution >= 0.6 is 0 Å². The van der Waals surface area contributed by atoms with Crippen molar-refractivity contribution in [2.45, 2.75) is 32.2 Å². The first-order chi connectivity index (χ1) is 14.5. The molecule has 2 aliphatic heterocycles. The van der Waals surface area contributed by atoms with Gasteiger partial charge in [0, 0.05) is 56.5 Å². The number of piperazine rings is 1. The van der Waals surface area contributed by atoms with Crippen molar-refractivity contribution in [3.63, 3.8) is 0 Å². The fourth-order valence-electron chi connectivity index (χ4n) is 4.15. The second kappa shape index (κ2) is 8.64. The first-order valence-electron chi connectivity index (χ1n) is 10.4. The lowest BCUT2D eigenvalue weighted by molar-refractivity contribution is -0.384. The average Bonchev–Trinajstić information content (AvgIpc) is 2.79. The SMILES string of the molecule is C[C@@H]1CCCCN1c1ccc(N2CCN(C(=O)c3cccc([N+](=O)[O-])c3)CC2)nn1. The highest BCUT2D eigenvalue weighted by molar-refractivity contribution is 5.95. The van der Waals surface area contributed by atoms with Crippen molar-refractivity contribution >= 4 is 23.2 Å². The average molecular weight is 410 g/mol. The van der Waals surface area contributed by atoms with Gasteiger partial charge >= 0.3 is 0 Å². The lowest BCUT2D eigenvalue weighted by Crippen LogP contribution is -2.49. The maximum absolute atomic E-state index is 12.7. The molecule has 0 unspecified atom stereocenters. The van der Waals surface area contributed by atoms with Crippen LogP contribution in [-0.4, -0.2) is 64.7 Å². The van der Waals surface area contributed by atoms with E-state index >= 15 is 0 Å². The number of carbonyl (C=O) groups is 1. The van der Waals surface area contributed by atoms with Crippen LogP contribution in [0.2, 0.25) is 0 Å². The molecule has 1 atom stereocenters. The number of hydrogen-bond acceptors (Lipinski definition) is 7. The van der Waals surface area contributed by atoms with Gasteiger partial charge < -0.3 is 14.7 Å². The molecule has 0 radical (unpaired) electrons. The monoisotopic (exact) mass is 410 g/mol. The number of amides is 1. The second-order valence-electron chi connectivity index (χ2n) is 7.87. The van der Waals surface area contributed by atoms with E-state index in [0.717, 1.165) is 18.2 Å². The highest BCUT2D eigenvalue weighted by atomic mass is 16.6. The molecule has 0 saturated carbocycles. The third-order valence-electron chi connectivity index (χ3n) is 5.93. The van der Waals surface area contributed by atoms with Crippen molar-refractivity contribution in [3.8, 4) is 0 Å². The molecular weight excluding hydrogens is 384 g/mol. The van der Waals surface area contributed by atoms with Gasteiger partial charge in [0.05, 0.1) is 4.92 Å². The van der Waals surface area contributed by atoms with Gasteiger partial charge in [-0.25, -0.2) is 0 Å². The molecule has 1 aromatic carbocycles. The number of nitro groups is 1. The highest BCUT2D eigenvalue weighted by Gasteiger charge is 2.25. The molecular formula is C21H26N6O3. The van der Waals surface area contributed by atoms with E-state index in [-0.39, 0.29) is 11.6 Å². The van der Waals surface area contributed by atoms with Gasteiger partial charge in [-0.15, -0.1) is 10.2 Å². The van der Waals surface area contributed by atoms with Gasteiger partial charge in [0.1, 0.15) is 0 Å². The number of carbonyl (C=O) groups excluding carboxylic acids is 1. The molecule has 2 saturated heterocycles. The molecule has 3 heterocycles. The highest BCUT2D eigenvalue weighted by Crippen LogP contribution is 2.24. The van der Waals surface area contributed by atoms with Crippen LogP contribution < -0.4 is 9.80 Å². The number of hydrogen-bond donors (Lipinski definition) is 0. The summed E-state index contributed by atoms with van der Waals surface area (Å²) in [5, 5.41) is 19.8. The smallest absolute Gasteiger partial charge is 0.270 e. The van der Waals surface area contributed by atoms with E-state index in [9.17, 15) is 14.9 Å². The Balaban J connectivity index is 1.37. The molecule has 4 rings (SSSR count). The van der Waals surface area contributed by atoms with Crippen LogP contribution in [0.5, 0.6) is 0 Å². The van der Waals surface area contributed by atoms with Crippen LogP contribution in [0.25, 0.3) is 0 Å². The lowest BCUT2D eigenvalue weighted by atomic mass is 10.0. The Morgan fingerprint density at radius 2 is 1.77 bits per heavy atom. The minimum atomic E-state index is -0.484. The summed E-state index contributed by atoms with van der Waals surface area (Å²) < 4.78 is 0. The van der Waals surface area contributed by atoms with Crippen molar-refractivity contribution in [3.05, 3.63) is 52.1 Å². The molecule has 2 aliphatic rings. The van der Waals surface area contributed by atoms with Gasteiger partial charge in [-0.2, -0.15) is 0 Å². The number of benzene rings is 1. The lowest BCUT2D eigenvalue weighted by Gasteiger charge is -2.36. The van der Waals surface area contributed by atoms with Gasteiger partial charge in [0.25, 0.3) is 11.6 Å². The van der Waals surface area contributed by atoms with E-state index in [1.54, 1.807) is 17.0 Å². The summed E-state index contributed by atoms with van der Waals surface area (Å²) in [4.78, 5) is 29.4. The van der Waals surface area contributed by atoms with E-state index in [0.29, 0.717) is 37.8 Å². The molecule has 9 nitrogen and oxygen atoms in total. The van der Waals surface area contributed by atoms with Crippen molar-refractivity contribution in [1.82, 2.24) is 15.1 Å². The Bertz CT molecular complexity index is 911. The predicted octanol–water partition coefficient (Wildman–Crippen LogP) is 2.73. The van der Waals surface area contributed by atoms with Crippen LogP contribution in [0.4, 0.5) is 17.3 Å². The molecule has 0 bridgehead atoms. The number of anilines is 2. The number of aromatic nitrogens is 2. The van der Waals surface area contributed by atoms with Crippen molar-refractivity contribution in [2.75, 3.05) is 42.5 Å². The summed E-state index contributed by atoms with van der Waals surface area (Å²) in [5.41, 5.74) is 0.273. The maximum Gasteiger partial charge on any atom is 0.270 e. The Labute approximate surface area is 175 Å². The van der Waals surface area contributed by atoms with E-state index in [4.69, 9.17) is 0 Å². The van der Waals surface area contributed by atoms with E-state index < -0.39 is 4.92 Å². The Morgan fingerprint density at radius 1 is 1.03 bits per heavy atom. The van der Waals surface area contributed by atoms with Crippen LogP contribution in [0.15, 0.2) is 36.4 Å². The molecule has 30 heavy (non-hydrogen) atoms. The summed E-state index contributed by atoms with van der Waals surface area (Å²) in [6, 6.07) is 10.4. The third-order valence-corrected chi connectivity index (χ3v) is 5.93. The van der Waals surface area contributed by atoms with Crippen molar-refractivity contribution in [2.24, 2.45) is 0 Å². The minimum absolute atomic E-state index is 0.0714. The third kappa shape index (κ3) is 4.19. The summed E-state index contributed by atoms with van der Waals surface area (Å²) in [6.07, 6.45) is 3.64. The number of rotatable bonds is 4. The maximum atomic E-state index is 12.7. The molecule has 9 heteroatoms. The number of non-ortho nitro benzene ring substituents is 1. The zero-order valence-electron chi connectivity index (χ0n) is 17.1. The van der Waals surface area contributed by atoms with E-state index in [1.165, 1.54) is 31.4 Å². The van der Waals surface area contributed by atoms with E-state index in [2.05, 4.69) is 26.9 Å². The molecule has 0 aliphatic carbocycles. The van der Waals surface area contributed by atoms with Crippen LogP contribution in [0.3, 0.4) is 0 Å². The van der Waals surface area contributed by atoms with Gasteiger partial charge in [0.15, 0.2) is 11.6 Å². The minimum Gasteiger partial charge on any atom is -0.352 e. The molecule has 2 fully saturated rings. The number of nitro benzene ring substituents is 1. The quantitative estimate of drug-likeness (QED) is 0.565. The fraction of sp³-hybridized carbons (Fsp3) is 0.476. The molecule has 1 aromatic heterocycles. The topological polar surface area (TPSA) is 95.7 Å². The van der Waals surface area contributed by atoms with Gasteiger partial charge in [-0.05, 0) is 44.4 Å². The van der Waals surface area contributed by atoms with E-state index in [1.807, 2.05) is 12.1 Å². The van der Waals surface area contributed by atoms with Crippen molar-refractivity contribution < 1.29 is 9.72 Å². The molecule has 1 amide bonds. The second-order valence-corrected chi connectivity index (χ2v) is 7.87. The zero-order chi connectivity index (χ0) is 21.1. The molecule has 0 N–H and O–H groups in total. The Kier molecular flexibility index (Phi) is 5.78. The summed E-state index contributed by atoms with van der Waals surface area (Å²) in [5.74, 6) is 1.55. The molecule has 158 valence electrons. The van der Waals surface area contributed by atoms with Crippen LogP contribution in [0, 0.1) is 10.1 Å². The molecule has 2 aromatic rings. The number of nitrogens with zero attached hydrogens (tertiary/aromatic N) is 6. The molecule has 0 spiro atoms. The standard InChI is InChI=1S/C21H26N6O3/c1-16-5-2-3-10-26(16)20-9-8-19(22-23-20)24-11-13-25(14-12-24)21(28)17-6-4-7-18(15-17)27(29)30/h4,6-9,15-16H,2-3,5,10-14H2,1H3/t16-/m1/s1. The van der Waals surface area contributed by atoms with Crippen molar-refractivity contribution in [1.29, 1.82) is 0 Å². The Morgan fingerprint density at radius 3 is 2.43 bits per heavy atom. The normalized spacial score (nSPS) is 19.6.